The Morgan fingerprint density at radius 3 is 2.26 bits per heavy atom. The first-order valence-electron chi connectivity index (χ1n) is 11.2. The largest absolute Gasteiger partial charge is 0.357 e. The van der Waals surface area contributed by atoms with E-state index in [1.165, 1.54) is 44.9 Å². The Bertz CT molecular complexity index is 541. The molecule has 4 aliphatic rings. The van der Waals surface area contributed by atoms with Crippen LogP contribution in [0.1, 0.15) is 51.9 Å². The fraction of sp³-hybridized carbons (Fsp3) is 0.905. The van der Waals surface area contributed by atoms with Crippen LogP contribution in [0.4, 0.5) is 0 Å². The minimum absolute atomic E-state index is 0.317. The molecule has 2 aliphatic heterocycles. The third-order valence-electron chi connectivity index (χ3n) is 7.16. The second-order valence-electron chi connectivity index (χ2n) is 9.01. The summed E-state index contributed by atoms with van der Waals surface area (Å²) in [5.41, 5.74) is 0.532. The molecule has 2 aliphatic carbocycles. The molecule has 6 heteroatoms. The molecule has 0 radical (unpaired) electrons. The van der Waals surface area contributed by atoms with Crippen LogP contribution in [0.25, 0.3) is 0 Å². The molecule has 4 fully saturated rings. The van der Waals surface area contributed by atoms with Crippen LogP contribution in [0.2, 0.25) is 0 Å². The summed E-state index contributed by atoms with van der Waals surface area (Å²) in [6, 6.07) is 0. The molecule has 0 unspecified atom stereocenters. The zero-order chi connectivity index (χ0) is 18.7. The molecule has 0 bridgehead atoms. The molecule has 0 atom stereocenters. The molecular weight excluding hydrogens is 338 g/mol. The van der Waals surface area contributed by atoms with Gasteiger partial charge in [0.2, 0.25) is 5.91 Å². The average molecular weight is 376 g/mol. The zero-order valence-corrected chi connectivity index (χ0v) is 17.1. The molecule has 4 rings (SSSR count). The number of hydrogen-bond donors (Lipinski definition) is 1. The van der Waals surface area contributed by atoms with E-state index < -0.39 is 0 Å². The Morgan fingerprint density at radius 2 is 1.70 bits per heavy atom. The van der Waals surface area contributed by atoms with Crippen molar-refractivity contribution < 1.29 is 4.79 Å². The molecule has 0 aromatic carbocycles. The van der Waals surface area contributed by atoms with Gasteiger partial charge in [0.1, 0.15) is 0 Å². The van der Waals surface area contributed by atoms with E-state index in [9.17, 15) is 4.79 Å². The maximum Gasteiger partial charge on any atom is 0.236 e. The van der Waals surface area contributed by atoms with Crippen molar-refractivity contribution in [3.8, 4) is 0 Å². The van der Waals surface area contributed by atoms with Crippen LogP contribution in [0.15, 0.2) is 4.99 Å². The van der Waals surface area contributed by atoms with Gasteiger partial charge in [-0.1, -0.05) is 6.42 Å². The predicted octanol–water partition coefficient (Wildman–Crippen LogP) is 1.77. The first-order valence-corrected chi connectivity index (χ1v) is 11.2. The molecule has 0 spiro atoms. The van der Waals surface area contributed by atoms with Gasteiger partial charge in [-0.2, -0.15) is 0 Å². The normalized spacial score (nSPS) is 26.2. The Hall–Kier alpha value is -1.30. The number of carbonyl (C=O) groups is 1. The number of hydrogen-bond acceptors (Lipinski definition) is 3. The number of rotatable bonds is 6. The molecule has 27 heavy (non-hydrogen) atoms. The van der Waals surface area contributed by atoms with Gasteiger partial charge in [-0.05, 0) is 56.8 Å². The van der Waals surface area contributed by atoms with Gasteiger partial charge in [0.25, 0.3) is 0 Å². The fourth-order valence-corrected chi connectivity index (χ4v) is 5.06. The summed E-state index contributed by atoms with van der Waals surface area (Å²) < 4.78 is 0. The van der Waals surface area contributed by atoms with Crippen LogP contribution in [-0.2, 0) is 4.79 Å². The second-order valence-corrected chi connectivity index (χ2v) is 9.01. The van der Waals surface area contributed by atoms with Crippen molar-refractivity contribution in [2.45, 2.75) is 51.9 Å². The van der Waals surface area contributed by atoms with Crippen molar-refractivity contribution in [1.82, 2.24) is 20.0 Å². The maximum absolute atomic E-state index is 12.4. The van der Waals surface area contributed by atoms with Crippen LogP contribution in [0.5, 0.6) is 0 Å². The summed E-state index contributed by atoms with van der Waals surface area (Å²) in [4.78, 5) is 24.2. The van der Waals surface area contributed by atoms with Gasteiger partial charge in [0.05, 0.1) is 6.54 Å². The van der Waals surface area contributed by atoms with Gasteiger partial charge >= 0.3 is 0 Å². The van der Waals surface area contributed by atoms with Crippen LogP contribution >= 0.6 is 0 Å². The van der Waals surface area contributed by atoms with E-state index in [0.29, 0.717) is 17.9 Å². The Morgan fingerprint density at radius 1 is 1.00 bits per heavy atom. The van der Waals surface area contributed by atoms with E-state index in [-0.39, 0.29) is 0 Å². The van der Waals surface area contributed by atoms with E-state index >= 15 is 0 Å². The monoisotopic (exact) mass is 375 g/mol. The lowest BCUT2D eigenvalue weighted by Crippen LogP contribution is -2.54. The van der Waals surface area contributed by atoms with Crippen molar-refractivity contribution in [1.29, 1.82) is 0 Å². The van der Waals surface area contributed by atoms with E-state index in [0.717, 1.165) is 64.2 Å². The molecule has 0 aromatic rings. The molecule has 152 valence electrons. The van der Waals surface area contributed by atoms with Crippen molar-refractivity contribution in [2.24, 2.45) is 16.3 Å². The zero-order valence-electron chi connectivity index (χ0n) is 17.1. The number of carbonyl (C=O) groups excluding carboxylic acids is 1. The Balaban J connectivity index is 1.28. The summed E-state index contributed by atoms with van der Waals surface area (Å²) in [5, 5.41) is 3.52. The SMILES string of the molecule is CCNC(=NCC1(C2CC2)CCC1)N1CCN(CC(=O)N2CCCC2)CC1. The highest BCUT2D eigenvalue weighted by molar-refractivity contribution is 5.80. The third kappa shape index (κ3) is 4.41. The number of nitrogens with one attached hydrogen (secondary N) is 1. The summed E-state index contributed by atoms with van der Waals surface area (Å²) in [5.74, 6) is 2.36. The summed E-state index contributed by atoms with van der Waals surface area (Å²) in [6.45, 7) is 10.4. The highest BCUT2D eigenvalue weighted by Crippen LogP contribution is 2.57. The van der Waals surface area contributed by atoms with Gasteiger partial charge in [-0.15, -0.1) is 0 Å². The van der Waals surface area contributed by atoms with Crippen molar-refractivity contribution in [2.75, 3.05) is 58.9 Å². The number of likely N-dealkylation sites (tertiary alicyclic amines) is 1. The standard InChI is InChI=1S/C21H37N5O/c1-2-22-20(23-17-21(8-5-9-21)18-6-7-18)26-14-12-24(13-15-26)16-19(27)25-10-3-4-11-25/h18H,2-17H2,1H3,(H,22,23). The lowest BCUT2D eigenvalue weighted by atomic mass is 9.65. The molecule has 0 aromatic heterocycles. The predicted molar refractivity (Wildman–Crippen MR) is 109 cm³/mol. The summed E-state index contributed by atoms with van der Waals surface area (Å²) in [6.07, 6.45) is 9.35. The van der Waals surface area contributed by atoms with Gasteiger partial charge in [-0.25, -0.2) is 0 Å². The van der Waals surface area contributed by atoms with E-state index in [4.69, 9.17) is 4.99 Å². The van der Waals surface area contributed by atoms with Crippen molar-refractivity contribution >= 4 is 11.9 Å². The maximum atomic E-state index is 12.4. The van der Waals surface area contributed by atoms with E-state index in [1.807, 2.05) is 4.90 Å². The van der Waals surface area contributed by atoms with Crippen LogP contribution in [-0.4, -0.2) is 85.5 Å². The average Bonchev–Trinajstić information content (AvgIpc) is 3.33. The first kappa shape index (κ1) is 19.0. The molecule has 1 amide bonds. The highest BCUT2D eigenvalue weighted by Gasteiger charge is 2.48. The molecule has 6 nitrogen and oxygen atoms in total. The quantitative estimate of drug-likeness (QED) is 0.568. The Kier molecular flexibility index (Phi) is 5.90. The van der Waals surface area contributed by atoms with Crippen molar-refractivity contribution in [3.05, 3.63) is 0 Å². The first-order chi connectivity index (χ1) is 13.2. The lowest BCUT2D eigenvalue weighted by molar-refractivity contribution is -0.131. The third-order valence-corrected chi connectivity index (χ3v) is 7.16. The second kappa shape index (κ2) is 8.38. The van der Waals surface area contributed by atoms with Gasteiger partial charge < -0.3 is 15.1 Å². The number of piperazine rings is 1. The molecule has 1 N–H and O–H groups in total. The molecular formula is C21H37N5O. The fourth-order valence-electron chi connectivity index (χ4n) is 5.06. The van der Waals surface area contributed by atoms with Gasteiger partial charge in [-0.3, -0.25) is 14.7 Å². The number of amides is 1. The smallest absolute Gasteiger partial charge is 0.236 e. The van der Waals surface area contributed by atoms with E-state index in [1.54, 1.807) is 0 Å². The van der Waals surface area contributed by atoms with Gasteiger partial charge in [0, 0.05) is 52.4 Å². The van der Waals surface area contributed by atoms with Crippen molar-refractivity contribution in [3.63, 3.8) is 0 Å². The van der Waals surface area contributed by atoms with Gasteiger partial charge in [0.15, 0.2) is 5.96 Å². The summed E-state index contributed by atoms with van der Waals surface area (Å²) in [7, 11) is 0. The minimum atomic E-state index is 0.317. The molecule has 2 saturated heterocycles. The van der Waals surface area contributed by atoms with Crippen LogP contribution in [0.3, 0.4) is 0 Å². The van der Waals surface area contributed by atoms with E-state index in [2.05, 4.69) is 22.0 Å². The topological polar surface area (TPSA) is 51.2 Å². The number of nitrogens with zero attached hydrogens (tertiary/aromatic N) is 4. The summed E-state index contributed by atoms with van der Waals surface area (Å²) >= 11 is 0. The number of aliphatic imine (C=N–C) groups is 1. The van der Waals surface area contributed by atoms with Crippen LogP contribution < -0.4 is 5.32 Å². The molecule has 2 saturated carbocycles. The lowest BCUT2D eigenvalue weighted by Gasteiger charge is -2.42. The number of guanidine groups is 1. The highest BCUT2D eigenvalue weighted by atomic mass is 16.2. The van der Waals surface area contributed by atoms with Crippen LogP contribution in [0, 0.1) is 11.3 Å². The minimum Gasteiger partial charge on any atom is -0.357 e. The Labute approximate surface area is 164 Å². The molecule has 2 heterocycles.